The van der Waals surface area contributed by atoms with Gasteiger partial charge in [0, 0.05) is 32.4 Å². The van der Waals surface area contributed by atoms with Gasteiger partial charge in [0.15, 0.2) is 0 Å². The highest BCUT2D eigenvalue weighted by molar-refractivity contribution is 6.33. The smallest absolute Gasteiger partial charge is 0.417 e. The maximum absolute atomic E-state index is 12.7. The summed E-state index contributed by atoms with van der Waals surface area (Å²) in [5.41, 5.74) is -0.915. The second kappa shape index (κ2) is 8.09. The van der Waals surface area contributed by atoms with Gasteiger partial charge in [-0.1, -0.05) is 11.6 Å². The van der Waals surface area contributed by atoms with Crippen LogP contribution in [0.1, 0.15) is 5.56 Å². The predicted molar refractivity (Wildman–Crippen MR) is 88.2 cm³/mol. The summed E-state index contributed by atoms with van der Waals surface area (Å²) in [6.07, 6.45) is -3.78. The van der Waals surface area contributed by atoms with Crippen molar-refractivity contribution >= 4 is 29.3 Å². The first-order valence-corrected chi connectivity index (χ1v) is 8.11. The number of amides is 1. The Bertz CT molecular complexity index is 679. The lowest BCUT2D eigenvalue weighted by Gasteiger charge is -2.36. The van der Waals surface area contributed by atoms with Crippen molar-refractivity contribution < 1.29 is 27.9 Å². The number of carboxylic acid groups (broad SMARTS) is 1. The minimum Gasteiger partial charge on any atom is -0.480 e. The molecule has 0 aromatic carbocycles. The van der Waals surface area contributed by atoms with Crippen LogP contribution in [0.25, 0.3) is 0 Å². The van der Waals surface area contributed by atoms with Crippen LogP contribution < -0.4 is 4.90 Å². The number of halogens is 4. The molecule has 0 saturated carbocycles. The van der Waals surface area contributed by atoms with E-state index >= 15 is 0 Å². The Balaban J connectivity index is 1.94. The molecule has 0 unspecified atom stereocenters. The largest absolute Gasteiger partial charge is 0.480 e. The van der Waals surface area contributed by atoms with E-state index in [1.165, 1.54) is 11.9 Å². The average Bonchev–Trinajstić information content (AvgIpc) is 2.53. The minimum atomic E-state index is -4.51. The van der Waals surface area contributed by atoms with Gasteiger partial charge in [0.05, 0.1) is 23.7 Å². The van der Waals surface area contributed by atoms with Gasteiger partial charge >= 0.3 is 12.1 Å². The summed E-state index contributed by atoms with van der Waals surface area (Å²) >= 11 is 5.94. The first-order valence-electron chi connectivity index (χ1n) is 7.73. The van der Waals surface area contributed by atoms with Gasteiger partial charge in [-0.25, -0.2) is 4.98 Å². The van der Waals surface area contributed by atoms with Crippen molar-refractivity contribution in [3.05, 3.63) is 22.8 Å². The number of nitrogens with zero attached hydrogens (tertiary/aromatic N) is 4. The standard InChI is InChI=1S/C15H18ClF3N4O3/c1-21(9-13(25)26)8-12(24)22-2-4-23(5-3-22)14-11(16)6-10(7-20-14)15(17,18)19/h6-7H,2-5,8-9H2,1H3,(H,25,26). The number of alkyl halides is 3. The third-order valence-electron chi connectivity index (χ3n) is 3.89. The van der Waals surface area contributed by atoms with E-state index in [1.54, 1.807) is 9.80 Å². The molecule has 11 heteroatoms. The molecule has 0 aliphatic carbocycles. The zero-order chi connectivity index (χ0) is 19.5. The monoisotopic (exact) mass is 394 g/mol. The second-order valence-electron chi connectivity index (χ2n) is 5.96. The quantitative estimate of drug-likeness (QED) is 0.814. The number of aromatic nitrogens is 1. The van der Waals surface area contributed by atoms with Crippen LogP contribution in [0.5, 0.6) is 0 Å². The van der Waals surface area contributed by atoms with Crippen LogP contribution in [0.4, 0.5) is 19.0 Å². The fourth-order valence-electron chi connectivity index (χ4n) is 2.60. The molecule has 2 heterocycles. The average molecular weight is 395 g/mol. The summed E-state index contributed by atoms with van der Waals surface area (Å²) < 4.78 is 38.0. The Morgan fingerprint density at radius 1 is 1.27 bits per heavy atom. The number of anilines is 1. The number of carboxylic acids is 1. The number of pyridine rings is 1. The molecule has 1 aromatic rings. The van der Waals surface area contributed by atoms with Gasteiger partial charge in [-0.05, 0) is 13.1 Å². The Morgan fingerprint density at radius 2 is 1.88 bits per heavy atom. The third kappa shape index (κ3) is 5.21. The zero-order valence-corrected chi connectivity index (χ0v) is 14.7. The number of aliphatic carboxylic acids is 1. The summed E-state index contributed by atoms with van der Waals surface area (Å²) in [4.78, 5) is 31.3. The number of piperazine rings is 1. The minimum absolute atomic E-state index is 0.0222. The molecule has 1 N–H and O–H groups in total. The van der Waals surface area contributed by atoms with Gasteiger partial charge < -0.3 is 14.9 Å². The molecular formula is C15H18ClF3N4O3. The van der Waals surface area contributed by atoms with Gasteiger partial charge in [-0.15, -0.1) is 0 Å². The summed E-state index contributed by atoms with van der Waals surface area (Å²) in [7, 11) is 1.54. The number of carbonyl (C=O) groups is 2. The summed E-state index contributed by atoms with van der Waals surface area (Å²) in [6, 6.07) is 0.836. The van der Waals surface area contributed by atoms with Crippen LogP contribution in [-0.4, -0.2) is 78.1 Å². The van der Waals surface area contributed by atoms with Gasteiger partial charge in [0.2, 0.25) is 5.91 Å². The maximum Gasteiger partial charge on any atom is 0.417 e. The number of likely N-dealkylation sites (N-methyl/N-ethyl adjacent to an activating group) is 1. The van der Waals surface area contributed by atoms with E-state index in [1.807, 2.05) is 0 Å². The van der Waals surface area contributed by atoms with E-state index < -0.39 is 17.7 Å². The molecule has 0 spiro atoms. The van der Waals surface area contributed by atoms with Gasteiger partial charge in [0.1, 0.15) is 5.82 Å². The fourth-order valence-corrected chi connectivity index (χ4v) is 2.89. The Kier molecular flexibility index (Phi) is 6.30. The van der Waals surface area contributed by atoms with Crippen LogP contribution in [0.2, 0.25) is 5.02 Å². The normalized spacial score (nSPS) is 15.5. The molecule has 1 saturated heterocycles. The summed E-state index contributed by atoms with van der Waals surface area (Å²) in [5, 5.41) is 8.60. The van der Waals surface area contributed by atoms with Crippen LogP contribution in [-0.2, 0) is 15.8 Å². The first kappa shape index (κ1) is 20.2. The molecule has 2 rings (SSSR count). The SMILES string of the molecule is CN(CC(=O)O)CC(=O)N1CCN(c2ncc(C(F)(F)F)cc2Cl)CC1. The molecule has 1 aromatic heterocycles. The Labute approximate surface area is 152 Å². The number of hydrogen-bond donors (Lipinski definition) is 1. The highest BCUT2D eigenvalue weighted by atomic mass is 35.5. The van der Waals surface area contributed by atoms with Crippen LogP contribution >= 0.6 is 11.6 Å². The lowest BCUT2D eigenvalue weighted by atomic mass is 10.2. The van der Waals surface area contributed by atoms with Crippen molar-refractivity contribution in [1.29, 1.82) is 0 Å². The third-order valence-corrected chi connectivity index (χ3v) is 4.17. The maximum atomic E-state index is 12.7. The van der Waals surface area contributed by atoms with Crippen molar-refractivity contribution in [2.75, 3.05) is 51.2 Å². The topological polar surface area (TPSA) is 77.0 Å². The van der Waals surface area contributed by atoms with E-state index in [2.05, 4.69) is 4.98 Å². The number of hydrogen-bond acceptors (Lipinski definition) is 5. The molecule has 1 amide bonds. The fraction of sp³-hybridized carbons (Fsp3) is 0.533. The van der Waals surface area contributed by atoms with Gasteiger partial charge in [0.25, 0.3) is 0 Å². The van der Waals surface area contributed by atoms with Crippen molar-refractivity contribution in [2.45, 2.75) is 6.18 Å². The molecule has 0 radical (unpaired) electrons. The van der Waals surface area contributed by atoms with Gasteiger partial charge in [-0.3, -0.25) is 14.5 Å². The summed E-state index contributed by atoms with van der Waals surface area (Å²) in [6.45, 7) is 1.17. The van der Waals surface area contributed by atoms with E-state index in [0.717, 1.165) is 12.3 Å². The number of carbonyl (C=O) groups excluding carboxylic acids is 1. The van der Waals surface area contributed by atoms with E-state index in [4.69, 9.17) is 16.7 Å². The highest BCUT2D eigenvalue weighted by Crippen LogP contribution is 2.33. The lowest BCUT2D eigenvalue weighted by Crippen LogP contribution is -2.51. The van der Waals surface area contributed by atoms with Gasteiger partial charge in [-0.2, -0.15) is 13.2 Å². The van der Waals surface area contributed by atoms with Crippen molar-refractivity contribution in [1.82, 2.24) is 14.8 Å². The second-order valence-corrected chi connectivity index (χ2v) is 6.37. The van der Waals surface area contributed by atoms with E-state index in [0.29, 0.717) is 26.2 Å². The lowest BCUT2D eigenvalue weighted by molar-refractivity contribution is -0.140. The van der Waals surface area contributed by atoms with Crippen LogP contribution in [0.15, 0.2) is 12.3 Å². The molecular weight excluding hydrogens is 377 g/mol. The molecule has 1 aliphatic rings. The van der Waals surface area contributed by atoms with Crippen molar-refractivity contribution in [2.24, 2.45) is 0 Å². The van der Waals surface area contributed by atoms with E-state index in [-0.39, 0.29) is 29.8 Å². The molecule has 1 aliphatic heterocycles. The molecule has 144 valence electrons. The Hall–Kier alpha value is -2.07. The molecule has 0 atom stereocenters. The van der Waals surface area contributed by atoms with Crippen molar-refractivity contribution in [3.8, 4) is 0 Å². The van der Waals surface area contributed by atoms with Crippen molar-refractivity contribution in [3.63, 3.8) is 0 Å². The molecule has 0 bridgehead atoms. The molecule has 1 fully saturated rings. The predicted octanol–water partition coefficient (Wildman–Crippen LogP) is 1.42. The zero-order valence-electron chi connectivity index (χ0n) is 14.0. The van der Waals surface area contributed by atoms with E-state index in [9.17, 15) is 22.8 Å². The number of rotatable bonds is 5. The van der Waals surface area contributed by atoms with Crippen LogP contribution in [0.3, 0.4) is 0 Å². The molecule has 26 heavy (non-hydrogen) atoms. The highest BCUT2D eigenvalue weighted by Gasteiger charge is 2.32. The van der Waals surface area contributed by atoms with Crippen LogP contribution in [0, 0.1) is 0 Å². The summed E-state index contributed by atoms with van der Waals surface area (Å²) in [5.74, 6) is -0.984. The first-order chi connectivity index (χ1) is 12.1. The molecule has 7 nitrogen and oxygen atoms in total. The Morgan fingerprint density at radius 3 is 2.38 bits per heavy atom.